The van der Waals surface area contributed by atoms with Gasteiger partial charge in [0.2, 0.25) is 11.8 Å². The van der Waals surface area contributed by atoms with Crippen molar-refractivity contribution >= 4 is 17.5 Å². The summed E-state index contributed by atoms with van der Waals surface area (Å²) in [6.45, 7) is 0. The van der Waals surface area contributed by atoms with Gasteiger partial charge in [-0.15, -0.1) is 0 Å². The van der Waals surface area contributed by atoms with E-state index < -0.39 is 16.7 Å². The number of nitrogens with zero attached hydrogens (tertiary/aromatic N) is 1. The topological polar surface area (TPSA) is 129 Å². The lowest BCUT2D eigenvalue weighted by atomic mass is 10.0. The maximum atomic E-state index is 10.8. The van der Waals surface area contributed by atoms with Gasteiger partial charge in [0.15, 0.2) is 0 Å². The van der Waals surface area contributed by atoms with Crippen molar-refractivity contribution < 1.29 is 14.5 Å². The molecule has 7 nitrogen and oxygen atoms in total. The number of nitrogens with two attached hydrogens (primary N) is 2. The highest BCUT2D eigenvalue weighted by atomic mass is 16.6. The van der Waals surface area contributed by atoms with Crippen molar-refractivity contribution in [2.45, 2.75) is 12.8 Å². The van der Waals surface area contributed by atoms with E-state index in [9.17, 15) is 19.7 Å². The van der Waals surface area contributed by atoms with Crippen LogP contribution in [-0.4, -0.2) is 16.7 Å². The van der Waals surface area contributed by atoms with Crippen LogP contribution in [0.2, 0.25) is 0 Å². The second kappa shape index (κ2) is 5.06. The Morgan fingerprint density at radius 3 is 2.12 bits per heavy atom. The Morgan fingerprint density at radius 2 is 1.65 bits per heavy atom. The first-order valence-electron chi connectivity index (χ1n) is 4.73. The average molecular weight is 237 g/mol. The van der Waals surface area contributed by atoms with Crippen LogP contribution in [0.1, 0.15) is 11.1 Å². The van der Waals surface area contributed by atoms with E-state index in [1.165, 1.54) is 18.2 Å². The lowest BCUT2D eigenvalue weighted by molar-refractivity contribution is -0.384. The standard InChI is InChI=1S/C10H11N3O4/c11-9(14)4-6-1-2-8(13(16)17)3-7(6)5-10(12)15/h1-3H,4-5H2,(H2,11,14)(H2,12,15). The van der Waals surface area contributed by atoms with Crippen LogP contribution in [0.3, 0.4) is 0 Å². The van der Waals surface area contributed by atoms with E-state index in [1.807, 2.05) is 0 Å². The molecule has 2 amide bonds. The number of carbonyl (C=O) groups is 2. The molecule has 1 aromatic rings. The van der Waals surface area contributed by atoms with Gasteiger partial charge in [-0.3, -0.25) is 19.7 Å². The maximum Gasteiger partial charge on any atom is 0.269 e. The highest BCUT2D eigenvalue weighted by Gasteiger charge is 2.13. The first kappa shape index (κ1) is 12.6. The van der Waals surface area contributed by atoms with Crippen LogP contribution in [0.15, 0.2) is 18.2 Å². The fourth-order valence-corrected chi connectivity index (χ4v) is 1.44. The average Bonchev–Trinajstić information content (AvgIpc) is 2.18. The number of amides is 2. The summed E-state index contributed by atoms with van der Waals surface area (Å²) < 4.78 is 0. The van der Waals surface area contributed by atoms with Gasteiger partial charge in [-0.1, -0.05) is 6.07 Å². The lowest BCUT2D eigenvalue weighted by Crippen LogP contribution is -2.18. The minimum absolute atomic E-state index is 0.0827. The molecule has 7 heteroatoms. The molecule has 0 aliphatic rings. The van der Waals surface area contributed by atoms with Gasteiger partial charge in [0.25, 0.3) is 5.69 Å². The Hall–Kier alpha value is -2.44. The third-order valence-corrected chi connectivity index (χ3v) is 2.13. The van der Waals surface area contributed by atoms with E-state index in [0.717, 1.165) is 0 Å². The van der Waals surface area contributed by atoms with Crippen LogP contribution in [0.25, 0.3) is 0 Å². The summed E-state index contributed by atoms with van der Waals surface area (Å²) in [4.78, 5) is 31.6. The molecule has 0 fully saturated rings. The summed E-state index contributed by atoms with van der Waals surface area (Å²) in [6, 6.07) is 3.88. The Bertz CT molecular complexity index is 484. The number of rotatable bonds is 5. The van der Waals surface area contributed by atoms with E-state index in [-0.39, 0.29) is 18.5 Å². The molecule has 0 aromatic heterocycles. The monoisotopic (exact) mass is 237 g/mol. The second-order valence-electron chi connectivity index (χ2n) is 3.50. The fraction of sp³-hybridized carbons (Fsp3) is 0.200. The molecule has 0 heterocycles. The number of hydrogen-bond acceptors (Lipinski definition) is 4. The predicted molar refractivity (Wildman–Crippen MR) is 58.9 cm³/mol. The molecule has 0 saturated carbocycles. The van der Waals surface area contributed by atoms with Gasteiger partial charge < -0.3 is 11.5 Å². The zero-order chi connectivity index (χ0) is 13.0. The molecule has 0 bridgehead atoms. The zero-order valence-electron chi connectivity index (χ0n) is 8.88. The van der Waals surface area contributed by atoms with Gasteiger partial charge in [-0.2, -0.15) is 0 Å². The highest BCUT2D eigenvalue weighted by molar-refractivity contribution is 5.80. The minimum atomic E-state index is -0.629. The van der Waals surface area contributed by atoms with Gasteiger partial charge in [-0.05, 0) is 11.1 Å². The number of nitro benzene ring substituents is 1. The number of primary amides is 2. The number of carbonyl (C=O) groups excluding carboxylic acids is 2. The van der Waals surface area contributed by atoms with Gasteiger partial charge in [0, 0.05) is 12.1 Å². The normalized spacial score (nSPS) is 9.88. The van der Waals surface area contributed by atoms with Crippen molar-refractivity contribution in [2.24, 2.45) is 11.5 Å². The third kappa shape index (κ3) is 3.56. The molecule has 0 aliphatic carbocycles. The Balaban J connectivity index is 3.15. The molecular formula is C10H11N3O4. The Morgan fingerprint density at radius 1 is 1.12 bits per heavy atom. The number of nitro groups is 1. The Labute approximate surface area is 96.5 Å². The summed E-state index contributed by atoms with van der Waals surface area (Å²) >= 11 is 0. The molecule has 0 spiro atoms. The van der Waals surface area contributed by atoms with Crippen molar-refractivity contribution in [3.05, 3.63) is 39.4 Å². The minimum Gasteiger partial charge on any atom is -0.369 e. The van der Waals surface area contributed by atoms with Gasteiger partial charge in [0.1, 0.15) is 0 Å². The van der Waals surface area contributed by atoms with Crippen LogP contribution in [0, 0.1) is 10.1 Å². The SMILES string of the molecule is NC(=O)Cc1ccc([N+](=O)[O-])cc1CC(N)=O. The van der Waals surface area contributed by atoms with Crippen LogP contribution in [0.5, 0.6) is 0 Å². The van der Waals surface area contributed by atoms with E-state index in [2.05, 4.69) is 0 Å². The number of non-ortho nitro benzene ring substituents is 1. The molecule has 0 atom stereocenters. The second-order valence-corrected chi connectivity index (χ2v) is 3.50. The largest absolute Gasteiger partial charge is 0.369 e. The molecule has 0 saturated heterocycles. The van der Waals surface area contributed by atoms with Crippen molar-refractivity contribution in [3.8, 4) is 0 Å². The molecule has 0 radical (unpaired) electrons. The fourth-order valence-electron chi connectivity index (χ4n) is 1.44. The smallest absolute Gasteiger partial charge is 0.269 e. The van der Waals surface area contributed by atoms with E-state index in [1.54, 1.807) is 0 Å². The van der Waals surface area contributed by atoms with Gasteiger partial charge in [-0.25, -0.2) is 0 Å². The molecule has 0 unspecified atom stereocenters. The third-order valence-electron chi connectivity index (χ3n) is 2.13. The zero-order valence-corrected chi connectivity index (χ0v) is 8.88. The van der Waals surface area contributed by atoms with Crippen molar-refractivity contribution in [1.82, 2.24) is 0 Å². The number of hydrogen-bond donors (Lipinski definition) is 2. The van der Waals surface area contributed by atoms with Crippen molar-refractivity contribution in [2.75, 3.05) is 0 Å². The van der Waals surface area contributed by atoms with Crippen LogP contribution in [0.4, 0.5) is 5.69 Å². The summed E-state index contributed by atoms with van der Waals surface area (Å²) in [5.74, 6) is -1.21. The molecule has 1 rings (SSSR count). The molecular weight excluding hydrogens is 226 g/mol. The Kier molecular flexibility index (Phi) is 3.76. The molecule has 90 valence electrons. The van der Waals surface area contributed by atoms with E-state index in [4.69, 9.17) is 11.5 Å². The maximum absolute atomic E-state index is 10.8. The van der Waals surface area contributed by atoms with E-state index in [0.29, 0.717) is 11.1 Å². The summed E-state index contributed by atoms with van der Waals surface area (Å²) in [5.41, 5.74) is 10.7. The van der Waals surface area contributed by atoms with Gasteiger partial charge >= 0.3 is 0 Å². The van der Waals surface area contributed by atoms with Crippen LogP contribution < -0.4 is 11.5 Å². The summed E-state index contributed by atoms with van der Waals surface area (Å²) in [7, 11) is 0. The molecule has 4 N–H and O–H groups in total. The molecule has 17 heavy (non-hydrogen) atoms. The predicted octanol–water partition coefficient (Wildman–Crippen LogP) is -0.350. The van der Waals surface area contributed by atoms with Crippen LogP contribution >= 0.6 is 0 Å². The number of benzene rings is 1. The van der Waals surface area contributed by atoms with Crippen LogP contribution in [-0.2, 0) is 22.4 Å². The lowest BCUT2D eigenvalue weighted by Gasteiger charge is -2.06. The summed E-state index contributed by atoms with van der Waals surface area (Å²) in [6.07, 6.45) is -0.245. The van der Waals surface area contributed by atoms with Crippen molar-refractivity contribution in [1.29, 1.82) is 0 Å². The van der Waals surface area contributed by atoms with Crippen molar-refractivity contribution in [3.63, 3.8) is 0 Å². The molecule has 0 aliphatic heterocycles. The highest BCUT2D eigenvalue weighted by Crippen LogP contribution is 2.18. The first-order valence-corrected chi connectivity index (χ1v) is 4.73. The first-order chi connectivity index (χ1) is 7.90. The molecule has 1 aromatic carbocycles. The quantitative estimate of drug-likeness (QED) is 0.535. The summed E-state index contributed by atoms with van der Waals surface area (Å²) in [5, 5.41) is 10.6. The van der Waals surface area contributed by atoms with Gasteiger partial charge in [0.05, 0.1) is 17.8 Å². The van der Waals surface area contributed by atoms with E-state index >= 15 is 0 Å².